The molecule has 2 atom stereocenters. The molecule has 19 heavy (non-hydrogen) atoms. The van der Waals surface area contributed by atoms with Crippen molar-refractivity contribution in [3.8, 4) is 5.75 Å². The summed E-state index contributed by atoms with van der Waals surface area (Å²) in [5.41, 5.74) is 6.47. The van der Waals surface area contributed by atoms with Crippen LogP contribution in [0.15, 0.2) is 24.3 Å². The number of hydrogen-bond acceptors (Lipinski definition) is 4. The maximum atomic E-state index is 11.8. The third-order valence-corrected chi connectivity index (χ3v) is 3.28. The first-order valence-electron chi connectivity index (χ1n) is 6.55. The molecule has 0 radical (unpaired) electrons. The summed E-state index contributed by atoms with van der Waals surface area (Å²) in [7, 11) is 1.56. The van der Waals surface area contributed by atoms with Gasteiger partial charge < -0.3 is 15.2 Å². The Kier molecular flexibility index (Phi) is 4.63. The Hall–Kier alpha value is -1.75. The highest BCUT2D eigenvalue weighted by Crippen LogP contribution is 2.24. The minimum absolute atomic E-state index is 0.0848. The fourth-order valence-corrected chi connectivity index (χ4v) is 2.33. The molecule has 0 spiro atoms. The van der Waals surface area contributed by atoms with Crippen LogP contribution in [0.2, 0.25) is 0 Å². The van der Waals surface area contributed by atoms with E-state index in [9.17, 15) is 4.79 Å². The maximum absolute atomic E-state index is 11.8. The van der Waals surface area contributed by atoms with E-state index in [-0.39, 0.29) is 12.1 Å². The zero-order valence-corrected chi connectivity index (χ0v) is 11.1. The van der Waals surface area contributed by atoms with Gasteiger partial charge in [0.15, 0.2) is 0 Å². The number of carbonyl (C=O) groups excluding carboxylic acids is 1. The number of rotatable bonds is 3. The van der Waals surface area contributed by atoms with E-state index in [2.05, 4.69) is 5.32 Å². The molecule has 1 aliphatic rings. The maximum Gasteiger partial charge on any atom is 0.412 e. The van der Waals surface area contributed by atoms with Crippen molar-refractivity contribution in [1.29, 1.82) is 0 Å². The number of methoxy groups -OCH3 is 1. The van der Waals surface area contributed by atoms with Crippen LogP contribution in [0.1, 0.15) is 25.7 Å². The largest absolute Gasteiger partial charge is 0.495 e. The third-order valence-electron chi connectivity index (χ3n) is 3.28. The predicted molar refractivity (Wildman–Crippen MR) is 73.3 cm³/mol. The molecule has 1 saturated carbocycles. The Morgan fingerprint density at radius 1 is 1.37 bits per heavy atom. The van der Waals surface area contributed by atoms with E-state index in [0.717, 1.165) is 25.7 Å². The first kappa shape index (κ1) is 13.7. The van der Waals surface area contributed by atoms with Gasteiger partial charge in [0.05, 0.1) is 12.8 Å². The fraction of sp³-hybridized carbons (Fsp3) is 0.500. The molecular weight excluding hydrogens is 244 g/mol. The number of carbonyl (C=O) groups is 1. The second-order valence-electron chi connectivity index (χ2n) is 4.78. The van der Waals surface area contributed by atoms with Gasteiger partial charge in [-0.1, -0.05) is 12.1 Å². The van der Waals surface area contributed by atoms with Crippen LogP contribution in [0.25, 0.3) is 0 Å². The first-order chi connectivity index (χ1) is 9.19. The molecule has 1 aromatic carbocycles. The van der Waals surface area contributed by atoms with E-state index in [4.69, 9.17) is 15.2 Å². The minimum Gasteiger partial charge on any atom is -0.495 e. The van der Waals surface area contributed by atoms with E-state index in [1.54, 1.807) is 19.2 Å². The highest BCUT2D eigenvalue weighted by atomic mass is 16.6. The van der Waals surface area contributed by atoms with Gasteiger partial charge >= 0.3 is 6.09 Å². The molecule has 5 nitrogen and oxygen atoms in total. The zero-order chi connectivity index (χ0) is 13.7. The average Bonchev–Trinajstić information content (AvgIpc) is 2.39. The molecule has 0 heterocycles. The van der Waals surface area contributed by atoms with Crippen molar-refractivity contribution in [3.63, 3.8) is 0 Å². The van der Waals surface area contributed by atoms with Crippen LogP contribution in [-0.4, -0.2) is 25.3 Å². The van der Waals surface area contributed by atoms with E-state index in [0.29, 0.717) is 11.4 Å². The minimum atomic E-state index is -0.455. The third kappa shape index (κ3) is 3.86. The monoisotopic (exact) mass is 264 g/mol. The second-order valence-corrected chi connectivity index (χ2v) is 4.78. The lowest BCUT2D eigenvalue weighted by atomic mass is 9.94. The van der Waals surface area contributed by atoms with Gasteiger partial charge in [-0.2, -0.15) is 0 Å². The first-order valence-corrected chi connectivity index (χ1v) is 6.55. The number of nitrogens with one attached hydrogen (secondary N) is 1. The average molecular weight is 264 g/mol. The van der Waals surface area contributed by atoms with Gasteiger partial charge in [-0.25, -0.2) is 4.79 Å². The summed E-state index contributed by atoms with van der Waals surface area (Å²) in [6.45, 7) is 0. The van der Waals surface area contributed by atoms with Gasteiger partial charge in [-0.3, -0.25) is 5.32 Å². The van der Waals surface area contributed by atoms with Crippen molar-refractivity contribution in [2.24, 2.45) is 5.73 Å². The van der Waals surface area contributed by atoms with Crippen LogP contribution in [-0.2, 0) is 4.74 Å². The Balaban J connectivity index is 1.90. The molecule has 1 aliphatic carbocycles. The summed E-state index contributed by atoms with van der Waals surface area (Å²) in [4.78, 5) is 11.8. The predicted octanol–water partition coefficient (Wildman–Crippen LogP) is 2.51. The molecular formula is C14H20N2O3. The lowest BCUT2D eigenvalue weighted by molar-refractivity contribution is 0.0811. The molecule has 3 N–H and O–H groups in total. The molecule has 1 aromatic rings. The van der Waals surface area contributed by atoms with Crippen molar-refractivity contribution < 1.29 is 14.3 Å². The van der Waals surface area contributed by atoms with Crippen LogP contribution >= 0.6 is 0 Å². The highest BCUT2D eigenvalue weighted by molar-refractivity contribution is 5.86. The van der Waals surface area contributed by atoms with Crippen LogP contribution in [0, 0.1) is 0 Å². The lowest BCUT2D eigenvalue weighted by Crippen LogP contribution is -2.34. The number of benzene rings is 1. The Bertz CT molecular complexity index is 436. The SMILES string of the molecule is COc1ccccc1NC(=O)OC1CCCC(N)C1. The Morgan fingerprint density at radius 2 is 2.16 bits per heavy atom. The molecule has 5 heteroatoms. The van der Waals surface area contributed by atoms with Gasteiger partial charge in [0.25, 0.3) is 0 Å². The number of ether oxygens (including phenoxy) is 2. The van der Waals surface area contributed by atoms with E-state index < -0.39 is 6.09 Å². The summed E-state index contributed by atoms with van der Waals surface area (Å²) in [5.74, 6) is 0.611. The molecule has 0 bridgehead atoms. The van der Waals surface area contributed by atoms with Crippen molar-refractivity contribution in [3.05, 3.63) is 24.3 Å². The number of nitrogens with two attached hydrogens (primary N) is 1. The molecule has 0 saturated heterocycles. The van der Waals surface area contributed by atoms with Crippen molar-refractivity contribution in [2.45, 2.75) is 37.8 Å². The summed E-state index contributed by atoms with van der Waals surface area (Å²) < 4.78 is 10.5. The van der Waals surface area contributed by atoms with Crippen molar-refractivity contribution >= 4 is 11.8 Å². The topological polar surface area (TPSA) is 73.6 Å². The van der Waals surface area contributed by atoms with Crippen LogP contribution in [0.5, 0.6) is 5.75 Å². The normalized spacial score (nSPS) is 22.6. The van der Waals surface area contributed by atoms with E-state index in [1.807, 2.05) is 12.1 Å². The van der Waals surface area contributed by atoms with Crippen LogP contribution in [0.4, 0.5) is 10.5 Å². The van der Waals surface area contributed by atoms with Crippen LogP contribution in [0.3, 0.4) is 0 Å². The quantitative estimate of drug-likeness (QED) is 0.879. The highest BCUT2D eigenvalue weighted by Gasteiger charge is 2.22. The number of anilines is 1. The van der Waals surface area contributed by atoms with Gasteiger partial charge in [-0.05, 0) is 37.8 Å². The van der Waals surface area contributed by atoms with Gasteiger partial charge in [-0.15, -0.1) is 0 Å². The summed E-state index contributed by atoms with van der Waals surface area (Å²) in [6.07, 6.45) is 3.09. The molecule has 0 aromatic heterocycles. The fourth-order valence-electron chi connectivity index (χ4n) is 2.33. The van der Waals surface area contributed by atoms with Gasteiger partial charge in [0.2, 0.25) is 0 Å². The summed E-state index contributed by atoms with van der Waals surface area (Å²) in [5, 5.41) is 2.70. The zero-order valence-electron chi connectivity index (χ0n) is 11.1. The summed E-state index contributed by atoms with van der Waals surface area (Å²) in [6, 6.07) is 7.36. The number of hydrogen-bond donors (Lipinski definition) is 2. The molecule has 2 rings (SSSR count). The van der Waals surface area contributed by atoms with Gasteiger partial charge in [0, 0.05) is 6.04 Å². The van der Waals surface area contributed by atoms with Gasteiger partial charge in [0.1, 0.15) is 11.9 Å². The Morgan fingerprint density at radius 3 is 2.89 bits per heavy atom. The molecule has 1 amide bonds. The molecule has 104 valence electrons. The van der Waals surface area contributed by atoms with E-state index >= 15 is 0 Å². The number of para-hydroxylation sites is 2. The molecule has 2 unspecified atom stereocenters. The lowest BCUT2D eigenvalue weighted by Gasteiger charge is -2.26. The smallest absolute Gasteiger partial charge is 0.412 e. The standard InChI is InChI=1S/C14H20N2O3/c1-18-13-8-3-2-7-12(13)16-14(17)19-11-6-4-5-10(15)9-11/h2-3,7-8,10-11H,4-6,9,15H2,1H3,(H,16,17). The molecule has 1 fully saturated rings. The second kappa shape index (κ2) is 6.43. The van der Waals surface area contributed by atoms with Crippen LogP contribution < -0.4 is 15.8 Å². The Labute approximate surface area is 113 Å². The van der Waals surface area contributed by atoms with Crippen molar-refractivity contribution in [2.75, 3.05) is 12.4 Å². The van der Waals surface area contributed by atoms with Crippen molar-refractivity contribution in [1.82, 2.24) is 0 Å². The summed E-state index contributed by atoms with van der Waals surface area (Å²) >= 11 is 0. The number of amides is 1. The van der Waals surface area contributed by atoms with E-state index in [1.165, 1.54) is 0 Å². The molecule has 0 aliphatic heterocycles.